The standard InChI is InChI=1S/C29H32BrNO6/c1-6-36-24-14-19(11-21(30)28(24)33)26-25(29(34)37-15(2)3)16(4)31-22-12-18(13-23(32)27(22)26)17-7-9-20(35-5)10-8-17/h7-11,14-15,18,26,31,33H,6,12-13H2,1-5H3/t18-,26-/m0/s1. The summed E-state index contributed by atoms with van der Waals surface area (Å²) in [7, 11) is 1.62. The van der Waals surface area contributed by atoms with Crippen LogP contribution >= 0.6 is 15.9 Å². The number of hydrogen-bond donors (Lipinski definition) is 2. The second kappa shape index (κ2) is 11.0. The van der Waals surface area contributed by atoms with E-state index in [4.69, 9.17) is 14.2 Å². The van der Waals surface area contributed by atoms with E-state index in [1.165, 1.54) is 0 Å². The van der Waals surface area contributed by atoms with Crippen molar-refractivity contribution in [2.24, 2.45) is 0 Å². The topological polar surface area (TPSA) is 94.1 Å². The van der Waals surface area contributed by atoms with Gasteiger partial charge in [-0.2, -0.15) is 0 Å². The van der Waals surface area contributed by atoms with Gasteiger partial charge in [0.2, 0.25) is 0 Å². The molecule has 1 aliphatic carbocycles. The van der Waals surface area contributed by atoms with E-state index in [1.54, 1.807) is 33.1 Å². The quantitative estimate of drug-likeness (QED) is 0.402. The number of ether oxygens (including phenoxy) is 3. The smallest absolute Gasteiger partial charge is 0.337 e. The Morgan fingerprint density at radius 1 is 1.16 bits per heavy atom. The van der Waals surface area contributed by atoms with Crippen LogP contribution in [-0.4, -0.2) is 36.7 Å². The number of benzene rings is 2. The average molecular weight is 570 g/mol. The van der Waals surface area contributed by atoms with E-state index in [9.17, 15) is 14.7 Å². The highest BCUT2D eigenvalue weighted by atomic mass is 79.9. The van der Waals surface area contributed by atoms with Gasteiger partial charge in [0.15, 0.2) is 17.3 Å². The summed E-state index contributed by atoms with van der Waals surface area (Å²) in [5.74, 6) is -0.184. The van der Waals surface area contributed by atoms with Crippen molar-refractivity contribution in [3.05, 3.63) is 74.5 Å². The first-order valence-corrected chi connectivity index (χ1v) is 13.2. The summed E-state index contributed by atoms with van der Waals surface area (Å²) in [5.41, 5.74) is 4.07. The van der Waals surface area contributed by atoms with Gasteiger partial charge in [0.1, 0.15) is 5.75 Å². The highest BCUT2D eigenvalue weighted by Crippen LogP contribution is 2.48. The molecular weight excluding hydrogens is 538 g/mol. The Balaban J connectivity index is 1.83. The number of aromatic hydroxyl groups is 1. The Morgan fingerprint density at radius 3 is 2.49 bits per heavy atom. The van der Waals surface area contributed by atoms with Gasteiger partial charge in [-0.25, -0.2) is 4.79 Å². The molecule has 0 amide bonds. The minimum atomic E-state index is -0.664. The van der Waals surface area contributed by atoms with Crippen LogP contribution in [0.15, 0.2) is 63.4 Å². The van der Waals surface area contributed by atoms with Crippen LogP contribution in [0.25, 0.3) is 0 Å². The molecule has 0 aromatic heterocycles. The minimum Gasteiger partial charge on any atom is -0.503 e. The summed E-state index contributed by atoms with van der Waals surface area (Å²) >= 11 is 3.41. The second-order valence-corrected chi connectivity index (χ2v) is 10.4. The number of esters is 1. The number of allylic oxidation sites excluding steroid dienone is 3. The average Bonchev–Trinajstić information content (AvgIpc) is 2.85. The molecule has 0 unspecified atom stereocenters. The third-order valence-electron chi connectivity index (χ3n) is 6.66. The lowest BCUT2D eigenvalue weighted by Gasteiger charge is -2.37. The van der Waals surface area contributed by atoms with Crippen LogP contribution in [0, 0.1) is 0 Å². The largest absolute Gasteiger partial charge is 0.503 e. The maximum Gasteiger partial charge on any atom is 0.337 e. The lowest BCUT2D eigenvalue weighted by atomic mass is 9.71. The molecule has 2 N–H and O–H groups in total. The number of halogens is 1. The van der Waals surface area contributed by atoms with Gasteiger partial charge in [0.25, 0.3) is 0 Å². The maximum atomic E-state index is 13.8. The minimum absolute atomic E-state index is 0.00666. The Bertz CT molecular complexity index is 1280. The van der Waals surface area contributed by atoms with Crippen molar-refractivity contribution in [1.82, 2.24) is 5.32 Å². The van der Waals surface area contributed by atoms with Gasteiger partial charge in [0, 0.05) is 29.3 Å². The van der Waals surface area contributed by atoms with Crippen molar-refractivity contribution in [2.75, 3.05) is 13.7 Å². The molecule has 0 bridgehead atoms. The molecule has 2 atom stereocenters. The van der Waals surface area contributed by atoms with Gasteiger partial charge in [-0.1, -0.05) is 12.1 Å². The molecule has 0 saturated carbocycles. The van der Waals surface area contributed by atoms with E-state index in [0.717, 1.165) is 17.0 Å². The van der Waals surface area contributed by atoms with Gasteiger partial charge in [-0.15, -0.1) is 0 Å². The fourth-order valence-corrected chi connectivity index (χ4v) is 5.52. The Hall–Kier alpha value is -3.26. The van der Waals surface area contributed by atoms with Crippen LogP contribution in [-0.2, 0) is 14.3 Å². The number of methoxy groups -OCH3 is 1. The van der Waals surface area contributed by atoms with E-state index in [0.29, 0.717) is 46.3 Å². The number of carbonyl (C=O) groups is 2. The Kier molecular flexibility index (Phi) is 7.97. The molecule has 1 heterocycles. The molecule has 1 aliphatic heterocycles. The predicted octanol–water partition coefficient (Wildman–Crippen LogP) is 5.88. The van der Waals surface area contributed by atoms with Crippen molar-refractivity contribution in [2.45, 2.75) is 58.5 Å². The van der Waals surface area contributed by atoms with Crippen molar-refractivity contribution < 1.29 is 28.9 Å². The molecule has 196 valence electrons. The Morgan fingerprint density at radius 2 is 1.86 bits per heavy atom. The normalized spacial score (nSPS) is 19.5. The summed E-state index contributed by atoms with van der Waals surface area (Å²) in [5, 5.41) is 13.9. The summed E-state index contributed by atoms with van der Waals surface area (Å²) in [4.78, 5) is 27.1. The van der Waals surface area contributed by atoms with Crippen molar-refractivity contribution >= 4 is 27.7 Å². The Labute approximate surface area is 225 Å². The zero-order chi connectivity index (χ0) is 26.9. The van der Waals surface area contributed by atoms with E-state index in [2.05, 4.69) is 21.2 Å². The van der Waals surface area contributed by atoms with E-state index < -0.39 is 11.9 Å². The number of phenols is 1. The van der Waals surface area contributed by atoms with Crippen LogP contribution in [0.4, 0.5) is 0 Å². The first kappa shape index (κ1) is 26.8. The lowest BCUT2D eigenvalue weighted by Crippen LogP contribution is -2.36. The number of carbonyl (C=O) groups excluding carboxylic acids is 2. The van der Waals surface area contributed by atoms with Gasteiger partial charge in [0.05, 0.1) is 29.9 Å². The summed E-state index contributed by atoms with van der Waals surface area (Å²) in [6, 6.07) is 11.2. The number of rotatable bonds is 7. The van der Waals surface area contributed by atoms with Crippen LogP contribution in [0.1, 0.15) is 63.5 Å². The first-order chi connectivity index (χ1) is 17.6. The van der Waals surface area contributed by atoms with Crippen molar-refractivity contribution in [3.8, 4) is 17.2 Å². The predicted molar refractivity (Wildman–Crippen MR) is 144 cm³/mol. The zero-order valence-corrected chi connectivity index (χ0v) is 23.3. The molecule has 2 aromatic carbocycles. The zero-order valence-electron chi connectivity index (χ0n) is 21.7. The van der Waals surface area contributed by atoms with Crippen LogP contribution < -0.4 is 14.8 Å². The summed E-state index contributed by atoms with van der Waals surface area (Å²) in [6.45, 7) is 7.58. The second-order valence-electron chi connectivity index (χ2n) is 9.53. The number of nitrogens with one attached hydrogen (secondary N) is 1. The van der Waals surface area contributed by atoms with Crippen LogP contribution in [0.3, 0.4) is 0 Å². The highest BCUT2D eigenvalue weighted by molar-refractivity contribution is 9.10. The summed E-state index contributed by atoms with van der Waals surface area (Å²) < 4.78 is 16.9. The molecule has 37 heavy (non-hydrogen) atoms. The van der Waals surface area contributed by atoms with Gasteiger partial charge in [-0.3, -0.25) is 4.79 Å². The molecule has 4 rings (SSSR count). The molecule has 0 spiro atoms. The lowest BCUT2D eigenvalue weighted by molar-refractivity contribution is -0.143. The van der Waals surface area contributed by atoms with E-state index in [-0.39, 0.29) is 29.3 Å². The fourth-order valence-electron chi connectivity index (χ4n) is 5.06. The fraction of sp³-hybridized carbons (Fsp3) is 0.379. The van der Waals surface area contributed by atoms with Crippen LogP contribution in [0.5, 0.6) is 17.2 Å². The van der Waals surface area contributed by atoms with Gasteiger partial charge >= 0.3 is 5.97 Å². The molecule has 0 saturated heterocycles. The van der Waals surface area contributed by atoms with Crippen LogP contribution in [0.2, 0.25) is 0 Å². The molecule has 0 radical (unpaired) electrons. The molecule has 2 aliphatic rings. The van der Waals surface area contributed by atoms with Crippen molar-refractivity contribution in [3.63, 3.8) is 0 Å². The van der Waals surface area contributed by atoms with E-state index in [1.807, 2.05) is 38.1 Å². The van der Waals surface area contributed by atoms with Crippen molar-refractivity contribution in [1.29, 1.82) is 0 Å². The number of ketones is 1. The third kappa shape index (κ3) is 5.39. The first-order valence-electron chi connectivity index (χ1n) is 12.4. The maximum absolute atomic E-state index is 13.8. The highest BCUT2D eigenvalue weighted by Gasteiger charge is 2.42. The molecule has 0 fully saturated rings. The number of dihydropyridines is 1. The molecule has 2 aromatic rings. The SMILES string of the molecule is CCOc1cc([C@H]2C(C(=O)OC(C)C)=C(C)NC3=C2C(=O)C[C@@H](c2ccc(OC)cc2)C3)cc(Br)c1O. The number of Topliss-reactive ketones (excluding diaryl/α,β-unsaturated/α-hetero) is 1. The summed E-state index contributed by atoms with van der Waals surface area (Å²) in [6.07, 6.45) is 0.605. The van der Waals surface area contributed by atoms with Gasteiger partial charge < -0.3 is 24.6 Å². The molecular formula is C29H32BrNO6. The third-order valence-corrected chi connectivity index (χ3v) is 7.27. The van der Waals surface area contributed by atoms with E-state index >= 15 is 0 Å². The molecule has 8 heteroatoms. The number of hydrogen-bond acceptors (Lipinski definition) is 7. The molecule has 7 nitrogen and oxygen atoms in total. The van der Waals surface area contributed by atoms with Gasteiger partial charge in [-0.05, 0) is 91.4 Å². The monoisotopic (exact) mass is 569 g/mol. The number of phenolic OH excluding ortho intramolecular Hbond substituents is 1.